The molecule has 0 saturated heterocycles. The molecule has 2 aromatic carbocycles. The second-order valence-corrected chi connectivity index (χ2v) is 4.62. The number of benzene rings is 2. The number of rotatable bonds is 4. The van der Waals surface area contributed by atoms with E-state index < -0.39 is 0 Å². The standard InChI is InChI=1S/C16H14N4O2/c17-9-15(21)19-12-5-7-13(8-6-12)22-16-14-4-2-1-3-11(14)10-18-20-16/h1-8,10H,9,17H2,(H,19,21). The number of nitrogens with one attached hydrogen (secondary N) is 1. The van der Waals surface area contributed by atoms with E-state index in [0.29, 0.717) is 17.3 Å². The number of carbonyl (C=O) groups excluding carboxylic acids is 1. The number of fused-ring (bicyclic) bond motifs is 1. The summed E-state index contributed by atoms with van der Waals surface area (Å²) in [5.41, 5.74) is 5.91. The van der Waals surface area contributed by atoms with Crippen LogP contribution in [0.25, 0.3) is 10.8 Å². The number of amides is 1. The lowest BCUT2D eigenvalue weighted by Crippen LogP contribution is -2.21. The Kier molecular flexibility index (Phi) is 3.93. The molecule has 0 aliphatic rings. The number of ether oxygens (including phenoxy) is 1. The molecule has 3 N–H and O–H groups in total. The summed E-state index contributed by atoms with van der Waals surface area (Å²) >= 11 is 0. The van der Waals surface area contributed by atoms with Crippen molar-refractivity contribution in [2.75, 3.05) is 11.9 Å². The van der Waals surface area contributed by atoms with Gasteiger partial charge in [-0.25, -0.2) is 0 Å². The van der Waals surface area contributed by atoms with Gasteiger partial charge in [0.25, 0.3) is 0 Å². The first-order chi connectivity index (χ1) is 10.8. The number of aromatic nitrogens is 2. The Bertz CT molecular complexity index is 797. The maximum absolute atomic E-state index is 11.2. The maximum Gasteiger partial charge on any atom is 0.246 e. The van der Waals surface area contributed by atoms with Gasteiger partial charge in [-0.3, -0.25) is 4.79 Å². The van der Waals surface area contributed by atoms with E-state index in [0.717, 1.165) is 10.8 Å². The summed E-state index contributed by atoms with van der Waals surface area (Å²) in [7, 11) is 0. The van der Waals surface area contributed by atoms with Crippen LogP contribution in [0.3, 0.4) is 0 Å². The molecule has 0 saturated carbocycles. The second kappa shape index (κ2) is 6.19. The maximum atomic E-state index is 11.2. The van der Waals surface area contributed by atoms with E-state index in [2.05, 4.69) is 15.5 Å². The SMILES string of the molecule is NCC(=O)Nc1ccc(Oc2nncc3ccccc23)cc1. The average Bonchev–Trinajstić information content (AvgIpc) is 2.57. The van der Waals surface area contributed by atoms with Crippen LogP contribution >= 0.6 is 0 Å². The van der Waals surface area contributed by atoms with Crippen LogP contribution in [0.2, 0.25) is 0 Å². The summed E-state index contributed by atoms with van der Waals surface area (Å²) in [6.07, 6.45) is 1.69. The highest BCUT2D eigenvalue weighted by molar-refractivity contribution is 5.92. The molecule has 3 rings (SSSR count). The summed E-state index contributed by atoms with van der Waals surface area (Å²) in [5.74, 6) is 0.807. The van der Waals surface area contributed by atoms with Crippen molar-refractivity contribution in [2.24, 2.45) is 5.73 Å². The molecule has 0 radical (unpaired) electrons. The molecule has 0 unspecified atom stereocenters. The van der Waals surface area contributed by atoms with Crippen LogP contribution in [-0.4, -0.2) is 22.6 Å². The van der Waals surface area contributed by atoms with Crippen LogP contribution in [0.15, 0.2) is 54.7 Å². The van der Waals surface area contributed by atoms with Gasteiger partial charge in [0.1, 0.15) is 5.75 Å². The zero-order valence-corrected chi connectivity index (χ0v) is 11.7. The minimum atomic E-state index is -0.242. The van der Waals surface area contributed by atoms with Gasteiger partial charge in [-0.1, -0.05) is 18.2 Å². The van der Waals surface area contributed by atoms with Crippen LogP contribution in [0.5, 0.6) is 11.6 Å². The van der Waals surface area contributed by atoms with E-state index >= 15 is 0 Å². The molecule has 0 fully saturated rings. The fourth-order valence-corrected chi connectivity index (χ4v) is 2.01. The van der Waals surface area contributed by atoms with E-state index in [1.54, 1.807) is 30.5 Å². The zero-order valence-electron chi connectivity index (χ0n) is 11.7. The number of carbonyl (C=O) groups is 1. The first-order valence-electron chi connectivity index (χ1n) is 6.74. The first-order valence-corrected chi connectivity index (χ1v) is 6.74. The summed E-state index contributed by atoms with van der Waals surface area (Å²) in [6, 6.07) is 14.7. The molecule has 1 heterocycles. The van der Waals surface area contributed by atoms with Gasteiger partial charge in [0, 0.05) is 16.5 Å². The minimum absolute atomic E-state index is 0.0517. The number of nitrogens with two attached hydrogens (primary N) is 1. The molecular weight excluding hydrogens is 280 g/mol. The summed E-state index contributed by atoms with van der Waals surface area (Å²) < 4.78 is 5.77. The minimum Gasteiger partial charge on any atom is -0.437 e. The van der Waals surface area contributed by atoms with Crippen molar-refractivity contribution >= 4 is 22.4 Å². The van der Waals surface area contributed by atoms with E-state index in [4.69, 9.17) is 10.5 Å². The van der Waals surface area contributed by atoms with Gasteiger partial charge in [-0.2, -0.15) is 5.10 Å². The fourth-order valence-electron chi connectivity index (χ4n) is 2.01. The molecular formula is C16H14N4O2. The smallest absolute Gasteiger partial charge is 0.246 e. The van der Waals surface area contributed by atoms with Crippen molar-refractivity contribution in [3.8, 4) is 11.6 Å². The van der Waals surface area contributed by atoms with Gasteiger partial charge >= 0.3 is 0 Å². The monoisotopic (exact) mass is 294 g/mol. The molecule has 6 nitrogen and oxygen atoms in total. The van der Waals surface area contributed by atoms with Crippen molar-refractivity contribution in [3.05, 3.63) is 54.7 Å². The van der Waals surface area contributed by atoms with Crippen molar-refractivity contribution in [1.29, 1.82) is 0 Å². The second-order valence-electron chi connectivity index (χ2n) is 4.62. The van der Waals surface area contributed by atoms with E-state index in [1.165, 1.54) is 0 Å². The first kappa shape index (κ1) is 14.0. The molecule has 110 valence electrons. The van der Waals surface area contributed by atoms with E-state index in [9.17, 15) is 4.79 Å². The van der Waals surface area contributed by atoms with Crippen molar-refractivity contribution in [3.63, 3.8) is 0 Å². The highest BCUT2D eigenvalue weighted by Crippen LogP contribution is 2.27. The summed E-state index contributed by atoms with van der Waals surface area (Å²) in [6.45, 7) is -0.0517. The van der Waals surface area contributed by atoms with Gasteiger partial charge < -0.3 is 15.8 Å². The van der Waals surface area contributed by atoms with Crippen molar-refractivity contribution in [2.45, 2.75) is 0 Å². The fraction of sp³-hybridized carbons (Fsp3) is 0.0625. The summed E-state index contributed by atoms with van der Waals surface area (Å²) in [4.78, 5) is 11.2. The van der Waals surface area contributed by atoms with Crippen LogP contribution < -0.4 is 15.8 Å². The molecule has 0 aliphatic carbocycles. The molecule has 0 aliphatic heterocycles. The molecule has 0 bridgehead atoms. The molecule has 22 heavy (non-hydrogen) atoms. The molecule has 0 spiro atoms. The lowest BCUT2D eigenvalue weighted by molar-refractivity contribution is -0.114. The molecule has 3 aromatic rings. The highest BCUT2D eigenvalue weighted by atomic mass is 16.5. The van der Waals surface area contributed by atoms with Crippen LogP contribution in [0.1, 0.15) is 0 Å². The number of nitrogens with zero attached hydrogens (tertiary/aromatic N) is 2. The molecule has 1 aromatic heterocycles. The predicted octanol–water partition coefficient (Wildman–Crippen LogP) is 2.32. The highest BCUT2D eigenvalue weighted by Gasteiger charge is 2.06. The topological polar surface area (TPSA) is 90.1 Å². The Morgan fingerprint density at radius 1 is 1.14 bits per heavy atom. The van der Waals surface area contributed by atoms with Crippen LogP contribution in [0, 0.1) is 0 Å². The number of anilines is 1. The van der Waals surface area contributed by atoms with Gasteiger partial charge in [-0.15, -0.1) is 5.10 Å². The van der Waals surface area contributed by atoms with Crippen LogP contribution in [0.4, 0.5) is 5.69 Å². The largest absolute Gasteiger partial charge is 0.437 e. The normalized spacial score (nSPS) is 10.4. The molecule has 0 atom stereocenters. The van der Waals surface area contributed by atoms with Crippen LogP contribution in [-0.2, 0) is 4.79 Å². The Balaban J connectivity index is 1.82. The third kappa shape index (κ3) is 3.02. The van der Waals surface area contributed by atoms with Crippen molar-refractivity contribution < 1.29 is 9.53 Å². The van der Waals surface area contributed by atoms with Gasteiger partial charge in [0.15, 0.2) is 0 Å². The average molecular weight is 294 g/mol. The quantitative estimate of drug-likeness (QED) is 0.770. The van der Waals surface area contributed by atoms with Gasteiger partial charge in [0.05, 0.1) is 12.7 Å². The lowest BCUT2D eigenvalue weighted by Gasteiger charge is -2.08. The molecule has 1 amide bonds. The number of hydrogen-bond donors (Lipinski definition) is 2. The third-order valence-corrected chi connectivity index (χ3v) is 3.07. The predicted molar refractivity (Wildman–Crippen MR) is 83.7 cm³/mol. The van der Waals surface area contributed by atoms with Crippen molar-refractivity contribution in [1.82, 2.24) is 10.2 Å². The van der Waals surface area contributed by atoms with E-state index in [1.807, 2.05) is 24.3 Å². The van der Waals surface area contributed by atoms with Gasteiger partial charge in [0.2, 0.25) is 11.8 Å². The summed E-state index contributed by atoms with van der Waals surface area (Å²) in [5, 5.41) is 12.5. The Morgan fingerprint density at radius 2 is 1.91 bits per heavy atom. The Labute approximate surface area is 126 Å². The van der Waals surface area contributed by atoms with Gasteiger partial charge in [-0.05, 0) is 30.3 Å². The Hall–Kier alpha value is -2.99. The Morgan fingerprint density at radius 3 is 2.68 bits per heavy atom. The lowest BCUT2D eigenvalue weighted by atomic mass is 10.2. The van der Waals surface area contributed by atoms with E-state index in [-0.39, 0.29) is 12.5 Å². The third-order valence-electron chi connectivity index (χ3n) is 3.07. The molecule has 6 heteroatoms. The number of hydrogen-bond acceptors (Lipinski definition) is 5. The zero-order chi connectivity index (χ0) is 15.4.